The summed E-state index contributed by atoms with van der Waals surface area (Å²) in [5.41, 5.74) is 7.93. The van der Waals surface area contributed by atoms with Crippen LogP contribution in [0.5, 0.6) is 5.75 Å². The third-order valence-electron chi connectivity index (χ3n) is 12.7. The minimum Gasteiger partial charge on any atom is -0.488 e. The number of ether oxygens (including phenoxy) is 2. The molecule has 6 aliphatic carbocycles. The summed E-state index contributed by atoms with van der Waals surface area (Å²) in [5, 5.41) is 0. The van der Waals surface area contributed by atoms with E-state index < -0.39 is 0 Å². The van der Waals surface area contributed by atoms with E-state index in [0.29, 0.717) is 29.1 Å². The van der Waals surface area contributed by atoms with Gasteiger partial charge in [-0.05, 0) is 142 Å². The number of Topliss-reactive ketones (excluding diaryl/α,β-unsaturated/α-hetero) is 1. The first-order valence-corrected chi connectivity index (χ1v) is 17.9. The summed E-state index contributed by atoms with van der Waals surface area (Å²) < 4.78 is 12.0. The summed E-state index contributed by atoms with van der Waals surface area (Å²) in [4.78, 5) is 28.1. The Morgan fingerprint density at radius 1 is 0.867 bits per heavy atom. The smallest absolute Gasteiger partial charge is 0.337 e. The average molecular weight is 607 g/mol. The average Bonchev–Trinajstić information content (AvgIpc) is 3.59. The Balaban J connectivity index is 1.33. The fourth-order valence-electron chi connectivity index (χ4n) is 11.0. The first-order valence-electron chi connectivity index (χ1n) is 17.9. The molecule has 6 aliphatic rings. The van der Waals surface area contributed by atoms with Crippen molar-refractivity contribution >= 4 is 22.9 Å². The van der Waals surface area contributed by atoms with Crippen LogP contribution in [-0.2, 0) is 9.53 Å². The molecule has 0 N–H and O–H groups in total. The number of methoxy groups -OCH3 is 1. The van der Waals surface area contributed by atoms with Gasteiger partial charge in [-0.3, -0.25) is 4.79 Å². The Hall–Kier alpha value is -2.88. The lowest BCUT2D eigenvalue weighted by Gasteiger charge is -2.36. The lowest BCUT2D eigenvalue weighted by molar-refractivity contribution is -0.132. The van der Waals surface area contributed by atoms with Crippen molar-refractivity contribution in [1.29, 1.82) is 0 Å². The molecule has 0 spiro atoms. The summed E-state index contributed by atoms with van der Waals surface area (Å²) in [6.45, 7) is 8.78. The molecule has 238 valence electrons. The van der Waals surface area contributed by atoms with Crippen molar-refractivity contribution in [2.24, 2.45) is 35.0 Å². The molecule has 0 heterocycles. The fraction of sp³-hybridized carbons (Fsp3) is 0.610. The fourth-order valence-corrected chi connectivity index (χ4v) is 11.0. The molecule has 4 saturated carbocycles. The summed E-state index contributed by atoms with van der Waals surface area (Å²) in [5.74, 6) is 4.03. The van der Waals surface area contributed by atoms with Gasteiger partial charge >= 0.3 is 5.97 Å². The molecule has 0 aliphatic heterocycles. The highest BCUT2D eigenvalue weighted by molar-refractivity contribution is 6.05. The molecule has 4 heteroatoms. The van der Waals surface area contributed by atoms with E-state index in [-0.39, 0.29) is 34.7 Å². The number of allylic oxidation sites excluding steroid dienone is 2. The van der Waals surface area contributed by atoms with E-state index in [0.717, 1.165) is 24.5 Å². The van der Waals surface area contributed by atoms with Crippen LogP contribution < -0.4 is 4.74 Å². The molecular formula is C41H50O4. The van der Waals surface area contributed by atoms with Gasteiger partial charge in [-0.2, -0.15) is 0 Å². The molecular weight excluding hydrogens is 556 g/mol. The third kappa shape index (κ3) is 4.67. The first-order chi connectivity index (χ1) is 21.6. The molecule has 2 aromatic rings. The van der Waals surface area contributed by atoms with Crippen LogP contribution in [-0.4, -0.2) is 24.5 Å². The van der Waals surface area contributed by atoms with E-state index in [1.54, 1.807) is 0 Å². The predicted octanol–water partition coefficient (Wildman–Crippen LogP) is 9.76. The van der Waals surface area contributed by atoms with Crippen LogP contribution in [0.3, 0.4) is 0 Å². The van der Waals surface area contributed by atoms with E-state index in [9.17, 15) is 4.79 Å². The first kappa shape index (κ1) is 29.5. The van der Waals surface area contributed by atoms with Gasteiger partial charge in [-0.1, -0.05) is 44.4 Å². The molecule has 0 radical (unpaired) electrons. The second-order valence-corrected chi connectivity index (χ2v) is 16.6. The number of rotatable bonds is 5. The van der Waals surface area contributed by atoms with Gasteiger partial charge in [0.2, 0.25) is 0 Å². The maximum absolute atomic E-state index is 15.2. The van der Waals surface area contributed by atoms with Crippen molar-refractivity contribution in [3.8, 4) is 5.75 Å². The second kappa shape index (κ2) is 10.6. The van der Waals surface area contributed by atoms with Gasteiger partial charge in [0, 0.05) is 28.7 Å². The maximum atomic E-state index is 15.2. The van der Waals surface area contributed by atoms with Crippen LogP contribution in [0.25, 0.3) is 11.1 Å². The van der Waals surface area contributed by atoms with Gasteiger partial charge in [-0.25, -0.2) is 4.79 Å². The summed E-state index contributed by atoms with van der Waals surface area (Å²) >= 11 is 0. The van der Waals surface area contributed by atoms with Crippen molar-refractivity contribution < 1.29 is 19.1 Å². The quantitative estimate of drug-likeness (QED) is 0.318. The molecule has 8 rings (SSSR count). The number of hydrogen-bond acceptors (Lipinski definition) is 4. The summed E-state index contributed by atoms with van der Waals surface area (Å²) in [6, 6.07) is 12.9. The summed E-state index contributed by atoms with van der Waals surface area (Å²) in [6.07, 6.45) is 12.8. The van der Waals surface area contributed by atoms with Crippen molar-refractivity contribution in [2.75, 3.05) is 7.11 Å². The number of carbonyl (C=O) groups excluding carboxylic acids is 2. The molecule has 5 unspecified atom stereocenters. The lowest BCUT2D eigenvalue weighted by Crippen LogP contribution is -2.37. The van der Waals surface area contributed by atoms with Crippen molar-refractivity contribution in [2.45, 2.75) is 116 Å². The van der Waals surface area contributed by atoms with Crippen LogP contribution in [0.2, 0.25) is 0 Å². The molecule has 0 aromatic heterocycles. The van der Waals surface area contributed by atoms with Gasteiger partial charge in [-0.15, -0.1) is 0 Å². The molecule has 2 bridgehead atoms. The largest absolute Gasteiger partial charge is 0.488 e. The van der Waals surface area contributed by atoms with Gasteiger partial charge in [0.15, 0.2) is 0 Å². The molecule has 0 amide bonds. The van der Waals surface area contributed by atoms with E-state index in [2.05, 4.69) is 58.0 Å². The molecule has 0 saturated heterocycles. The standard InChI is InChI=1S/C41H50O4/c1-23-18-25-14-15-26(19-23)34(25)38(42)41-21-31-30-20-27(39(43)44-5)16-17-28(30)35(24-10-7-6-8-11-24)36(31)29-12-9-13-33(45-40(2,3)4)37(29)32(41)22-41/h9,12-13,16-17,20,23-26,31-32,34H,6-8,10-11,14-15,18-19,21-22H2,1-5H3. The topological polar surface area (TPSA) is 52.6 Å². The maximum Gasteiger partial charge on any atom is 0.337 e. The van der Waals surface area contributed by atoms with Gasteiger partial charge in [0.1, 0.15) is 17.1 Å². The minimum absolute atomic E-state index is 0.0989. The molecule has 5 atom stereocenters. The second-order valence-electron chi connectivity index (χ2n) is 16.6. The van der Waals surface area contributed by atoms with Gasteiger partial charge < -0.3 is 9.47 Å². The van der Waals surface area contributed by atoms with Crippen LogP contribution >= 0.6 is 0 Å². The third-order valence-corrected chi connectivity index (χ3v) is 12.7. The van der Waals surface area contributed by atoms with Crippen LogP contribution in [0, 0.1) is 35.0 Å². The Kier molecular flexibility index (Phi) is 6.94. The predicted molar refractivity (Wildman–Crippen MR) is 178 cm³/mol. The minimum atomic E-state index is -0.370. The summed E-state index contributed by atoms with van der Waals surface area (Å²) in [7, 11) is 1.47. The van der Waals surface area contributed by atoms with Crippen molar-refractivity contribution in [1.82, 2.24) is 0 Å². The molecule has 4 fully saturated rings. The number of benzene rings is 2. The van der Waals surface area contributed by atoms with E-state index in [4.69, 9.17) is 9.47 Å². The van der Waals surface area contributed by atoms with Crippen LogP contribution in [0.1, 0.15) is 143 Å². The number of ketones is 1. The zero-order valence-corrected chi connectivity index (χ0v) is 27.9. The number of hydrogen-bond donors (Lipinski definition) is 0. The molecule has 45 heavy (non-hydrogen) atoms. The number of fused-ring (bicyclic) bond motifs is 9. The normalized spacial score (nSPS) is 33.4. The number of carbonyl (C=O) groups is 2. The van der Waals surface area contributed by atoms with E-state index in [1.165, 1.54) is 98.3 Å². The highest BCUT2D eigenvalue weighted by Crippen LogP contribution is 2.74. The highest BCUT2D eigenvalue weighted by atomic mass is 16.5. The Morgan fingerprint density at radius 3 is 2.29 bits per heavy atom. The SMILES string of the molecule is COC(=O)c1ccc2c(c1)C1CC3(C(=O)C4C5CCC4CC(C)C5)CC3c3c(OC(C)(C)C)cccc3C1=C2C1CCCCC1. The van der Waals surface area contributed by atoms with E-state index in [1.807, 2.05) is 6.07 Å². The monoisotopic (exact) mass is 606 g/mol. The van der Waals surface area contributed by atoms with Crippen LogP contribution in [0.4, 0.5) is 0 Å². The van der Waals surface area contributed by atoms with Crippen molar-refractivity contribution in [3.63, 3.8) is 0 Å². The Morgan fingerprint density at radius 2 is 1.60 bits per heavy atom. The van der Waals surface area contributed by atoms with Gasteiger partial charge in [0.05, 0.1) is 12.7 Å². The van der Waals surface area contributed by atoms with Crippen LogP contribution in [0.15, 0.2) is 36.4 Å². The molecule has 4 nitrogen and oxygen atoms in total. The Labute approximate surface area is 269 Å². The lowest BCUT2D eigenvalue weighted by atomic mass is 9.67. The highest BCUT2D eigenvalue weighted by Gasteiger charge is 2.67. The zero-order valence-electron chi connectivity index (χ0n) is 27.9. The zero-order chi connectivity index (χ0) is 31.2. The molecule has 2 aromatic carbocycles. The van der Waals surface area contributed by atoms with Gasteiger partial charge in [0.25, 0.3) is 0 Å². The number of esters is 1. The van der Waals surface area contributed by atoms with E-state index >= 15 is 4.79 Å². The Bertz CT molecular complexity index is 1570. The van der Waals surface area contributed by atoms with Crippen molar-refractivity contribution in [3.05, 3.63) is 64.2 Å².